The van der Waals surface area contributed by atoms with Crippen LogP contribution in [-0.2, 0) is 9.59 Å². The molecule has 1 atom stereocenters. The molecule has 0 aromatic rings. The summed E-state index contributed by atoms with van der Waals surface area (Å²) >= 11 is 0. The van der Waals surface area contributed by atoms with E-state index in [2.05, 4.69) is 11.9 Å². The third-order valence-electron chi connectivity index (χ3n) is 3.45. The van der Waals surface area contributed by atoms with E-state index in [4.69, 9.17) is 0 Å². The lowest BCUT2D eigenvalue weighted by Crippen LogP contribution is -2.40. The summed E-state index contributed by atoms with van der Waals surface area (Å²) in [6.45, 7) is 8.24. The molecular formula is C16H21NO4. The Kier molecular flexibility index (Phi) is 5.52. The lowest BCUT2D eigenvalue weighted by molar-refractivity contribution is -0.123. The summed E-state index contributed by atoms with van der Waals surface area (Å²) in [5, 5.41) is 22.1. The lowest BCUT2D eigenvalue weighted by Gasteiger charge is -2.20. The van der Waals surface area contributed by atoms with Gasteiger partial charge in [0.25, 0.3) is 0 Å². The number of rotatable bonds is 5. The van der Waals surface area contributed by atoms with Gasteiger partial charge in [0.1, 0.15) is 5.76 Å². The minimum atomic E-state index is -0.754. The number of nitrogens with one attached hydrogen (secondary N) is 1. The molecular weight excluding hydrogens is 270 g/mol. The summed E-state index contributed by atoms with van der Waals surface area (Å²) in [6.07, 6.45) is 3.62. The fourth-order valence-electron chi connectivity index (χ4n) is 2.04. The van der Waals surface area contributed by atoms with Crippen LogP contribution in [0.5, 0.6) is 0 Å². The van der Waals surface area contributed by atoms with Crippen LogP contribution in [0.2, 0.25) is 0 Å². The van der Waals surface area contributed by atoms with Crippen molar-refractivity contribution in [2.24, 2.45) is 0 Å². The van der Waals surface area contributed by atoms with Gasteiger partial charge in [-0.15, -0.1) is 0 Å². The van der Waals surface area contributed by atoms with Crippen molar-refractivity contribution in [3.8, 4) is 0 Å². The maximum absolute atomic E-state index is 12.3. The molecule has 0 spiro atoms. The Balaban J connectivity index is 2.87. The molecule has 5 nitrogen and oxygen atoms in total. The molecule has 1 rings (SSSR count). The number of aliphatic hydroxyl groups is 2. The first-order valence-corrected chi connectivity index (χ1v) is 6.75. The quantitative estimate of drug-likeness (QED) is 0.537. The van der Waals surface area contributed by atoms with Crippen LogP contribution in [0.4, 0.5) is 0 Å². The van der Waals surface area contributed by atoms with Gasteiger partial charge in [0.2, 0.25) is 5.91 Å². The number of hydrogen-bond donors (Lipinski definition) is 3. The second-order valence-electron chi connectivity index (χ2n) is 5.04. The molecule has 0 fully saturated rings. The average Bonchev–Trinajstić information content (AvgIpc) is 2.44. The molecule has 21 heavy (non-hydrogen) atoms. The number of Topliss-reactive ketones (excluding diaryl/α,β-unsaturated/α-hetero) is 1. The third-order valence-corrected chi connectivity index (χ3v) is 3.45. The molecule has 0 saturated carbocycles. The highest BCUT2D eigenvalue weighted by atomic mass is 16.3. The van der Waals surface area contributed by atoms with Crippen molar-refractivity contribution in [1.82, 2.24) is 5.32 Å². The van der Waals surface area contributed by atoms with Gasteiger partial charge in [0, 0.05) is 23.1 Å². The standard InChI is InChI=1S/C16H21NO4/c1-5-6-9(2)16(21)17-11(4)15(20)12-7-8-13(18)10(3)14(12)19/h5-6,11,18-19H,1,7-8H2,2-4H3,(H,17,21)/b9-6-. The first-order chi connectivity index (χ1) is 9.79. The van der Waals surface area contributed by atoms with Crippen molar-refractivity contribution in [1.29, 1.82) is 0 Å². The fourth-order valence-corrected chi connectivity index (χ4v) is 2.04. The molecule has 0 aromatic heterocycles. The second-order valence-corrected chi connectivity index (χ2v) is 5.04. The van der Waals surface area contributed by atoms with Gasteiger partial charge in [0.15, 0.2) is 5.78 Å². The summed E-state index contributed by atoms with van der Waals surface area (Å²) in [4.78, 5) is 24.1. The van der Waals surface area contributed by atoms with Gasteiger partial charge in [-0.2, -0.15) is 0 Å². The predicted octanol–water partition coefficient (Wildman–Crippen LogP) is 2.63. The van der Waals surface area contributed by atoms with Crippen LogP contribution in [0, 0.1) is 0 Å². The molecule has 0 aromatic carbocycles. The van der Waals surface area contributed by atoms with Gasteiger partial charge >= 0.3 is 0 Å². The van der Waals surface area contributed by atoms with Crippen LogP contribution in [-0.4, -0.2) is 27.9 Å². The zero-order chi connectivity index (χ0) is 16.2. The number of hydrogen-bond acceptors (Lipinski definition) is 4. The highest BCUT2D eigenvalue weighted by Gasteiger charge is 2.27. The van der Waals surface area contributed by atoms with Crippen molar-refractivity contribution >= 4 is 11.7 Å². The number of carbonyl (C=O) groups is 2. The maximum Gasteiger partial charge on any atom is 0.247 e. The number of carbonyl (C=O) groups excluding carboxylic acids is 2. The number of aliphatic hydroxyl groups excluding tert-OH is 2. The molecule has 1 aliphatic carbocycles. The SMILES string of the molecule is C=C/C=C(/C)C(=O)NC(C)C(=O)C1=C(O)C(C)=C(O)CC1. The van der Waals surface area contributed by atoms with Gasteiger partial charge in [-0.25, -0.2) is 0 Å². The van der Waals surface area contributed by atoms with E-state index in [-0.39, 0.29) is 35.2 Å². The van der Waals surface area contributed by atoms with E-state index in [1.54, 1.807) is 26.8 Å². The Morgan fingerprint density at radius 1 is 1.33 bits per heavy atom. The summed E-state index contributed by atoms with van der Waals surface area (Å²) in [7, 11) is 0. The topological polar surface area (TPSA) is 86.6 Å². The molecule has 1 amide bonds. The maximum atomic E-state index is 12.3. The molecule has 0 saturated heterocycles. The molecule has 3 N–H and O–H groups in total. The molecule has 1 aliphatic rings. The first kappa shape index (κ1) is 16.8. The monoisotopic (exact) mass is 291 g/mol. The average molecular weight is 291 g/mol. The van der Waals surface area contributed by atoms with E-state index in [0.29, 0.717) is 17.6 Å². The molecule has 5 heteroatoms. The Hall–Kier alpha value is -2.30. The van der Waals surface area contributed by atoms with Crippen molar-refractivity contribution < 1.29 is 19.8 Å². The van der Waals surface area contributed by atoms with Crippen LogP contribution >= 0.6 is 0 Å². The molecule has 114 valence electrons. The Morgan fingerprint density at radius 3 is 2.52 bits per heavy atom. The van der Waals surface area contributed by atoms with Crippen LogP contribution in [0.25, 0.3) is 0 Å². The number of allylic oxidation sites excluding steroid dienone is 4. The van der Waals surface area contributed by atoms with Crippen LogP contribution in [0.1, 0.15) is 33.6 Å². The van der Waals surface area contributed by atoms with Crippen molar-refractivity contribution in [3.05, 3.63) is 47.0 Å². The van der Waals surface area contributed by atoms with Gasteiger partial charge in [-0.3, -0.25) is 9.59 Å². The predicted molar refractivity (Wildman–Crippen MR) is 80.8 cm³/mol. The molecule has 0 aliphatic heterocycles. The Bertz CT molecular complexity index is 567. The Labute approximate surface area is 124 Å². The van der Waals surface area contributed by atoms with E-state index in [9.17, 15) is 19.8 Å². The Morgan fingerprint density at radius 2 is 1.95 bits per heavy atom. The van der Waals surface area contributed by atoms with E-state index in [0.717, 1.165) is 0 Å². The second kappa shape index (κ2) is 6.92. The zero-order valence-corrected chi connectivity index (χ0v) is 12.6. The van der Waals surface area contributed by atoms with Gasteiger partial charge in [0.05, 0.1) is 11.8 Å². The fraction of sp³-hybridized carbons (Fsp3) is 0.375. The normalized spacial score (nSPS) is 17.6. The summed E-state index contributed by atoms with van der Waals surface area (Å²) < 4.78 is 0. The summed E-state index contributed by atoms with van der Waals surface area (Å²) in [5.74, 6) is -0.811. The first-order valence-electron chi connectivity index (χ1n) is 6.75. The highest BCUT2D eigenvalue weighted by Crippen LogP contribution is 2.28. The van der Waals surface area contributed by atoms with E-state index >= 15 is 0 Å². The van der Waals surface area contributed by atoms with Crippen LogP contribution in [0.3, 0.4) is 0 Å². The third kappa shape index (κ3) is 3.84. The summed E-state index contributed by atoms with van der Waals surface area (Å²) in [5.41, 5.74) is 0.995. The number of amides is 1. The molecule has 1 unspecified atom stereocenters. The molecule has 0 radical (unpaired) electrons. The van der Waals surface area contributed by atoms with Crippen molar-refractivity contribution in [2.75, 3.05) is 0 Å². The van der Waals surface area contributed by atoms with Crippen molar-refractivity contribution in [3.63, 3.8) is 0 Å². The minimum absolute atomic E-state index is 0.0884. The van der Waals surface area contributed by atoms with Gasteiger partial charge in [-0.05, 0) is 27.2 Å². The number of ketones is 1. The van der Waals surface area contributed by atoms with Gasteiger partial charge in [-0.1, -0.05) is 18.7 Å². The molecule has 0 bridgehead atoms. The zero-order valence-electron chi connectivity index (χ0n) is 12.6. The minimum Gasteiger partial charge on any atom is -0.512 e. The van der Waals surface area contributed by atoms with Crippen LogP contribution in [0.15, 0.2) is 47.0 Å². The lowest BCUT2D eigenvalue weighted by atomic mass is 9.91. The highest BCUT2D eigenvalue weighted by molar-refractivity contribution is 6.04. The van der Waals surface area contributed by atoms with E-state index in [1.165, 1.54) is 6.08 Å². The van der Waals surface area contributed by atoms with Crippen molar-refractivity contribution in [2.45, 2.75) is 39.7 Å². The largest absolute Gasteiger partial charge is 0.512 e. The van der Waals surface area contributed by atoms with Crippen LogP contribution < -0.4 is 5.32 Å². The van der Waals surface area contributed by atoms with E-state index in [1.807, 2.05) is 0 Å². The summed E-state index contributed by atoms with van der Waals surface area (Å²) in [6, 6.07) is -0.754. The van der Waals surface area contributed by atoms with E-state index < -0.39 is 6.04 Å². The van der Waals surface area contributed by atoms with Gasteiger partial charge < -0.3 is 15.5 Å². The molecule has 0 heterocycles. The smallest absolute Gasteiger partial charge is 0.247 e.